The summed E-state index contributed by atoms with van der Waals surface area (Å²) in [5.74, 6) is 0.0348. The van der Waals surface area contributed by atoms with E-state index in [2.05, 4.69) is 16.0 Å². The number of hydrogen-bond acceptors (Lipinski definition) is 5. The van der Waals surface area contributed by atoms with Crippen molar-refractivity contribution >= 4 is 5.91 Å². The number of benzene rings is 1. The molecule has 0 bridgehead atoms. The predicted molar refractivity (Wildman–Crippen MR) is 93.3 cm³/mol. The molecule has 1 amide bonds. The van der Waals surface area contributed by atoms with Gasteiger partial charge in [0.15, 0.2) is 0 Å². The molecule has 0 aliphatic carbocycles. The number of rotatable bonds is 3. The Balaban J connectivity index is 1.87. The topological polar surface area (TPSA) is 82.4 Å². The Morgan fingerprint density at radius 1 is 0.957 bits per heavy atom. The van der Waals surface area contributed by atoms with Gasteiger partial charge in [-0.3, -0.25) is 4.79 Å². The summed E-state index contributed by atoms with van der Waals surface area (Å²) in [6.45, 7) is 6.71. The molecule has 1 aliphatic heterocycles. The van der Waals surface area contributed by atoms with Gasteiger partial charge in [0, 0.05) is 52.4 Å². The molecule has 6 heteroatoms. The fraction of sp³-hybridized carbons (Fsp3) is 0.588. The van der Waals surface area contributed by atoms with Crippen LogP contribution in [0.4, 0.5) is 0 Å². The zero-order valence-electron chi connectivity index (χ0n) is 13.8. The maximum atomic E-state index is 12.7. The van der Waals surface area contributed by atoms with Gasteiger partial charge in [-0.15, -0.1) is 0 Å². The third-order valence-electron chi connectivity index (χ3n) is 4.00. The fourth-order valence-electron chi connectivity index (χ4n) is 2.68. The Bertz CT molecular complexity index is 442. The van der Waals surface area contributed by atoms with E-state index in [0.717, 1.165) is 44.8 Å². The number of carbonyl (C=O) groups is 1. The quantitative estimate of drug-likeness (QED) is 0.584. The number of amides is 1. The summed E-state index contributed by atoms with van der Waals surface area (Å²) in [5.41, 5.74) is 7.26. The summed E-state index contributed by atoms with van der Waals surface area (Å²) in [7, 11) is 0. The molecule has 0 saturated carbocycles. The van der Waals surface area contributed by atoms with E-state index in [0.29, 0.717) is 19.5 Å². The van der Waals surface area contributed by atoms with Crippen LogP contribution < -0.4 is 21.7 Å². The van der Waals surface area contributed by atoms with Crippen molar-refractivity contribution in [2.45, 2.75) is 12.5 Å². The van der Waals surface area contributed by atoms with Crippen LogP contribution in [0.25, 0.3) is 0 Å². The van der Waals surface area contributed by atoms with E-state index in [4.69, 9.17) is 5.73 Å². The summed E-state index contributed by atoms with van der Waals surface area (Å²) < 4.78 is 0. The average molecular weight is 319 g/mol. The van der Waals surface area contributed by atoms with Gasteiger partial charge in [0.25, 0.3) is 0 Å². The van der Waals surface area contributed by atoms with Gasteiger partial charge in [-0.05, 0) is 12.0 Å². The highest BCUT2D eigenvalue weighted by molar-refractivity contribution is 5.82. The van der Waals surface area contributed by atoms with Crippen molar-refractivity contribution in [3.63, 3.8) is 0 Å². The molecule has 0 aromatic heterocycles. The van der Waals surface area contributed by atoms with Crippen LogP contribution in [-0.2, 0) is 11.2 Å². The van der Waals surface area contributed by atoms with Crippen LogP contribution in [0.5, 0.6) is 0 Å². The standard InChI is InChI=1S/C17H29N5O/c18-16(14-15-4-2-1-3-5-15)17(23)22-12-10-20-8-6-19-7-9-21-11-13-22/h1-5,16,19-21H,6-14,18H2/t16-/m1/s1. The number of nitrogens with zero attached hydrogens (tertiary/aromatic N) is 1. The maximum absolute atomic E-state index is 12.7. The summed E-state index contributed by atoms with van der Waals surface area (Å²) in [6.07, 6.45) is 0.584. The lowest BCUT2D eigenvalue weighted by Crippen LogP contribution is -2.50. The van der Waals surface area contributed by atoms with Crippen molar-refractivity contribution in [3.8, 4) is 0 Å². The Morgan fingerprint density at radius 3 is 2.04 bits per heavy atom. The van der Waals surface area contributed by atoms with Gasteiger partial charge in [-0.25, -0.2) is 0 Å². The van der Waals surface area contributed by atoms with E-state index in [1.807, 2.05) is 35.2 Å². The van der Waals surface area contributed by atoms with Gasteiger partial charge in [0.05, 0.1) is 6.04 Å². The van der Waals surface area contributed by atoms with Crippen molar-refractivity contribution in [2.24, 2.45) is 5.73 Å². The first-order chi connectivity index (χ1) is 11.3. The van der Waals surface area contributed by atoms with Crippen molar-refractivity contribution in [1.29, 1.82) is 0 Å². The molecule has 1 saturated heterocycles. The predicted octanol–water partition coefficient (Wildman–Crippen LogP) is -0.833. The number of nitrogens with one attached hydrogen (secondary N) is 3. The van der Waals surface area contributed by atoms with Gasteiger partial charge in [0.1, 0.15) is 0 Å². The molecule has 1 heterocycles. The molecule has 1 atom stereocenters. The molecule has 1 aromatic rings. The van der Waals surface area contributed by atoms with Crippen molar-refractivity contribution in [1.82, 2.24) is 20.9 Å². The molecule has 5 N–H and O–H groups in total. The van der Waals surface area contributed by atoms with E-state index in [9.17, 15) is 4.79 Å². The van der Waals surface area contributed by atoms with Crippen LogP contribution in [0.2, 0.25) is 0 Å². The van der Waals surface area contributed by atoms with Crippen molar-refractivity contribution in [3.05, 3.63) is 35.9 Å². The largest absolute Gasteiger partial charge is 0.339 e. The Kier molecular flexibility index (Phi) is 8.03. The maximum Gasteiger partial charge on any atom is 0.239 e. The van der Waals surface area contributed by atoms with Gasteiger partial charge < -0.3 is 26.6 Å². The first-order valence-electron chi connectivity index (χ1n) is 8.48. The Morgan fingerprint density at radius 2 is 1.48 bits per heavy atom. The molecule has 0 unspecified atom stereocenters. The highest BCUT2D eigenvalue weighted by Crippen LogP contribution is 2.04. The fourth-order valence-corrected chi connectivity index (χ4v) is 2.68. The van der Waals surface area contributed by atoms with Gasteiger partial charge >= 0.3 is 0 Å². The molecular formula is C17H29N5O. The second-order valence-corrected chi connectivity index (χ2v) is 5.87. The summed E-state index contributed by atoms with van der Waals surface area (Å²) in [6, 6.07) is 9.47. The second kappa shape index (κ2) is 10.3. The van der Waals surface area contributed by atoms with E-state index < -0.39 is 6.04 Å². The molecule has 23 heavy (non-hydrogen) atoms. The normalized spacial score (nSPS) is 19.4. The Labute approximate surface area is 138 Å². The van der Waals surface area contributed by atoms with E-state index in [1.165, 1.54) is 0 Å². The van der Waals surface area contributed by atoms with Gasteiger partial charge in [0.2, 0.25) is 5.91 Å². The molecule has 1 fully saturated rings. The summed E-state index contributed by atoms with van der Waals surface area (Å²) in [5, 5.41) is 10.1. The number of nitrogens with two attached hydrogens (primary N) is 1. The lowest BCUT2D eigenvalue weighted by atomic mass is 10.1. The molecule has 0 spiro atoms. The molecule has 0 radical (unpaired) electrons. The van der Waals surface area contributed by atoms with E-state index >= 15 is 0 Å². The highest BCUT2D eigenvalue weighted by Gasteiger charge is 2.20. The third-order valence-corrected chi connectivity index (χ3v) is 4.00. The molecule has 128 valence electrons. The summed E-state index contributed by atoms with van der Waals surface area (Å²) in [4.78, 5) is 14.5. The van der Waals surface area contributed by atoms with Gasteiger partial charge in [-0.1, -0.05) is 30.3 Å². The minimum Gasteiger partial charge on any atom is -0.339 e. The first-order valence-corrected chi connectivity index (χ1v) is 8.48. The summed E-state index contributed by atoms with van der Waals surface area (Å²) >= 11 is 0. The van der Waals surface area contributed by atoms with Gasteiger partial charge in [-0.2, -0.15) is 0 Å². The third kappa shape index (κ3) is 6.66. The minimum atomic E-state index is -0.480. The highest BCUT2D eigenvalue weighted by atomic mass is 16.2. The molecule has 1 aliphatic rings. The van der Waals surface area contributed by atoms with Crippen LogP contribution >= 0.6 is 0 Å². The van der Waals surface area contributed by atoms with Crippen molar-refractivity contribution in [2.75, 3.05) is 52.4 Å². The smallest absolute Gasteiger partial charge is 0.239 e. The molecular weight excluding hydrogens is 290 g/mol. The van der Waals surface area contributed by atoms with E-state index in [-0.39, 0.29) is 5.91 Å². The van der Waals surface area contributed by atoms with Crippen LogP contribution in [-0.4, -0.2) is 69.2 Å². The van der Waals surface area contributed by atoms with Crippen LogP contribution in [0, 0.1) is 0 Å². The zero-order valence-corrected chi connectivity index (χ0v) is 13.8. The Hall–Kier alpha value is -1.47. The number of carbonyl (C=O) groups excluding carboxylic acids is 1. The van der Waals surface area contributed by atoms with Crippen LogP contribution in [0.3, 0.4) is 0 Å². The average Bonchev–Trinajstić information content (AvgIpc) is 2.56. The van der Waals surface area contributed by atoms with Crippen LogP contribution in [0.1, 0.15) is 5.56 Å². The zero-order chi connectivity index (χ0) is 16.3. The monoisotopic (exact) mass is 319 g/mol. The molecule has 2 rings (SSSR count). The van der Waals surface area contributed by atoms with Crippen molar-refractivity contribution < 1.29 is 4.79 Å². The second-order valence-electron chi connectivity index (χ2n) is 5.87. The van der Waals surface area contributed by atoms with E-state index in [1.54, 1.807) is 0 Å². The SMILES string of the molecule is N[C@H](Cc1ccccc1)C(=O)N1CCNCCNCCNCC1. The first kappa shape index (κ1) is 17.9. The minimum absolute atomic E-state index is 0.0348. The molecule has 6 nitrogen and oxygen atoms in total. The lowest BCUT2D eigenvalue weighted by Gasteiger charge is -2.26. The number of hydrogen-bond donors (Lipinski definition) is 4. The molecule has 1 aromatic carbocycles. The van der Waals surface area contributed by atoms with Crippen LogP contribution in [0.15, 0.2) is 30.3 Å². The lowest BCUT2D eigenvalue weighted by molar-refractivity contribution is -0.132.